The van der Waals surface area contributed by atoms with Gasteiger partial charge in [-0.3, -0.25) is 0 Å². The molecule has 0 bridgehead atoms. The van der Waals surface area contributed by atoms with E-state index in [1.54, 1.807) is 16.4 Å². The summed E-state index contributed by atoms with van der Waals surface area (Å²) in [5.74, 6) is 0. The van der Waals surface area contributed by atoms with Crippen molar-refractivity contribution in [2.24, 2.45) is 0 Å². The Morgan fingerprint density at radius 2 is 1.82 bits per heavy atom. The molecule has 4 rings (SSSR count). The third-order valence-corrected chi connectivity index (χ3v) is 13.2. The van der Waals surface area contributed by atoms with Crippen LogP contribution in [0.25, 0.3) is 0 Å². The number of benzene rings is 1. The number of fused-ring (bicyclic) bond motifs is 3. The lowest BCUT2D eigenvalue weighted by molar-refractivity contribution is 0.119. The molecule has 4 atom stereocenters. The van der Waals surface area contributed by atoms with Crippen LogP contribution >= 0.6 is 0 Å². The molecule has 2 heterocycles. The smallest absolute Gasteiger partial charge is 0.243 e. The van der Waals surface area contributed by atoms with Gasteiger partial charge in [-0.05, 0) is 49.2 Å². The van der Waals surface area contributed by atoms with Crippen LogP contribution in [0.1, 0.15) is 32.8 Å². The van der Waals surface area contributed by atoms with Crippen molar-refractivity contribution in [3.63, 3.8) is 0 Å². The van der Waals surface area contributed by atoms with Gasteiger partial charge in [-0.2, -0.15) is 4.31 Å². The number of sulfonamides is 1. The van der Waals surface area contributed by atoms with Crippen LogP contribution in [-0.2, 0) is 19.2 Å². The predicted octanol–water partition coefficient (Wildman–Crippen LogP) is 3.86. The summed E-state index contributed by atoms with van der Waals surface area (Å²) in [7, 11) is -5.50. The van der Waals surface area contributed by atoms with Gasteiger partial charge >= 0.3 is 0 Å². The van der Waals surface area contributed by atoms with E-state index in [9.17, 15) is 8.42 Å². The van der Waals surface area contributed by atoms with Crippen molar-refractivity contribution in [1.29, 1.82) is 0 Å². The number of hydrogen-bond acceptors (Lipinski definition) is 4. The standard InChI is InChI=1S/C21H31NO4SSi/c1-14-7-9-15(10-8-14)27(23,24)22-12-11-16-17(22)13-18(20-19(16)25-20)26-28(5,6)21(2,3)4/h7-11,17-20H,12-13H2,1-6H3/t17-,18+,19-,20+/m1/s1. The van der Waals surface area contributed by atoms with E-state index in [1.165, 1.54) is 0 Å². The highest BCUT2D eigenvalue weighted by atomic mass is 32.2. The minimum atomic E-state index is -3.54. The second kappa shape index (κ2) is 6.50. The van der Waals surface area contributed by atoms with Crippen molar-refractivity contribution in [2.75, 3.05) is 6.54 Å². The van der Waals surface area contributed by atoms with Crippen LogP contribution in [0, 0.1) is 6.92 Å². The minimum absolute atomic E-state index is 0.0201. The van der Waals surface area contributed by atoms with Crippen LogP contribution in [0.4, 0.5) is 0 Å². The monoisotopic (exact) mass is 421 g/mol. The molecule has 0 radical (unpaired) electrons. The summed E-state index contributed by atoms with van der Waals surface area (Å²) >= 11 is 0. The lowest BCUT2D eigenvalue weighted by Crippen LogP contribution is -2.50. The molecule has 1 aromatic carbocycles. The van der Waals surface area contributed by atoms with E-state index in [1.807, 2.05) is 25.1 Å². The van der Waals surface area contributed by atoms with Crippen LogP contribution in [0.5, 0.6) is 0 Å². The van der Waals surface area contributed by atoms with Gasteiger partial charge in [0.15, 0.2) is 8.32 Å². The second-order valence-electron chi connectivity index (χ2n) is 9.78. The minimum Gasteiger partial charge on any atom is -0.411 e. The molecular weight excluding hydrogens is 390 g/mol. The summed E-state index contributed by atoms with van der Waals surface area (Å²) in [6.07, 6.45) is 2.78. The van der Waals surface area contributed by atoms with Crippen LogP contribution in [0.3, 0.4) is 0 Å². The van der Waals surface area contributed by atoms with Crippen molar-refractivity contribution in [1.82, 2.24) is 4.31 Å². The van der Waals surface area contributed by atoms with Crippen LogP contribution < -0.4 is 0 Å². The lowest BCUT2D eigenvalue weighted by atomic mass is 9.90. The molecule has 0 amide bonds. The highest BCUT2D eigenvalue weighted by Crippen LogP contribution is 2.49. The van der Waals surface area contributed by atoms with Gasteiger partial charge in [-0.1, -0.05) is 44.5 Å². The first kappa shape index (κ1) is 20.3. The Hall–Kier alpha value is -0.993. The third-order valence-electron chi connectivity index (χ3n) is 6.80. The van der Waals surface area contributed by atoms with E-state index in [4.69, 9.17) is 9.16 Å². The fourth-order valence-electron chi connectivity index (χ4n) is 3.99. The van der Waals surface area contributed by atoms with Gasteiger partial charge in [0.1, 0.15) is 12.2 Å². The predicted molar refractivity (Wildman–Crippen MR) is 112 cm³/mol. The third kappa shape index (κ3) is 3.31. The molecule has 2 aliphatic heterocycles. The average molecular weight is 422 g/mol. The Bertz CT molecular complexity index is 901. The molecule has 0 unspecified atom stereocenters. The summed E-state index contributed by atoms with van der Waals surface area (Å²) in [6.45, 7) is 13.5. The molecule has 5 nitrogen and oxygen atoms in total. The Morgan fingerprint density at radius 3 is 2.43 bits per heavy atom. The summed E-state index contributed by atoms with van der Waals surface area (Å²) in [6, 6.07) is 6.94. The van der Waals surface area contributed by atoms with E-state index in [2.05, 4.69) is 33.9 Å². The topological polar surface area (TPSA) is 59.1 Å². The highest BCUT2D eigenvalue weighted by molar-refractivity contribution is 7.89. The highest BCUT2D eigenvalue weighted by Gasteiger charge is 2.59. The van der Waals surface area contributed by atoms with Gasteiger partial charge in [0, 0.05) is 6.54 Å². The van der Waals surface area contributed by atoms with Gasteiger partial charge < -0.3 is 9.16 Å². The molecular formula is C21H31NO4SSi. The first-order valence-corrected chi connectivity index (χ1v) is 14.4. The van der Waals surface area contributed by atoms with E-state index < -0.39 is 18.3 Å². The van der Waals surface area contributed by atoms with E-state index >= 15 is 0 Å². The average Bonchev–Trinajstić information content (AvgIpc) is 3.27. The molecule has 1 saturated heterocycles. The van der Waals surface area contributed by atoms with Crippen LogP contribution in [0.2, 0.25) is 18.1 Å². The zero-order valence-corrected chi connectivity index (χ0v) is 19.4. The van der Waals surface area contributed by atoms with Gasteiger partial charge in [0.05, 0.1) is 17.0 Å². The number of aryl methyl sites for hydroxylation is 1. The van der Waals surface area contributed by atoms with Crippen molar-refractivity contribution in [2.45, 2.75) is 81.5 Å². The molecule has 3 aliphatic rings. The summed E-state index contributed by atoms with van der Waals surface area (Å²) in [5, 5.41) is 0.108. The number of ether oxygens (including phenoxy) is 1. The molecule has 0 aromatic heterocycles. The van der Waals surface area contributed by atoms with Crippen LogP contribution in [-0.4, -0.2) is 51.9 Å². The molecule has 1 aromatic rings. The zero-order chi connectivity index (χ0) is 20.5. The summed E-state index contributed by atoms with van der Waals surface area (Å²) in [5.41, 5.74) is 2.17. The number of nitrogens with zero attached hydrogens (tertiary/aromatic N) is 1. The zero-order valence-electron chi connectivity index (χ0n) is 17.6. The maximum Gasteiger partial charge on any atom is 0.243 e. The first-order chi connectivity index (χ1) is 12.9. The summed E-state index contributed by atoms with van der Waals surface area (Å²) in [4.78, 5) is 0.355. The largest absolute Gasteiger partial charge is 0.411 e. The maximum absolute atomic E-state index is 13.3. The van der Waals surface area contributed by atoms with Gasteiger partial charge in [-0.25, -0.2) is 8.42 Å². The second-order valence-corrected chi connectivity index (χ2v) is 16.4. The first-order valence-electron chi connectivity index (χ1n) is 10.0. The number of rotatable bonds is 4. The molecule has 0 N–H and O–H groups in total. The normalized spacial score (nSPS) is 30.6. The Labute approximate surface area is 169 Å². The molecule has 28 heavy (non-hydrogen) atoms. The SMILES string of the molecule is Cc1ccc(S(=O)(=O)N2CC=C3[C@H]4O[C@H]4[C@@H](O[Si](C)(C)C(C)(C)C)C[C@H]32)cc1. The van der Waals surface area contributed by atoms with Crippen molar-refractivity contribution in [3.8, 4) is 0 Å². The quantitative estimate of drug-likeness (QED) is 0.421. The Kier molecular flexibility index (Phi) is 4.71. The molecule has 7 heteroatoms. The van der Waals surface area contributed by atoms with E-state index in [0.29, 0.717) is 17.9 Å². The van der Waals surface area contributed by atoms with Crippen molar-refractivity contribution >= 4 is 18.3 Å². The molecule has 1 saturated carbocycles. The van der Waals surface area contributed by atoms with Gasteiger partial charge in [0.25, 0.3) is 0 Å². The molecule has 1 aliphatic carbocycles. The Balaban J connectivity index is 1.58. The fourth-order valence-corrected chi connectivity index (χ4v) is 6.90. The number of hydrogen-bond donors (Lipinski definition) is 0. The maximum atomic E-state index is 13.3. The van der Waals surface area contributed by atoms with Crippen molar-refractivity contribution in [3.05, 3.63) is 41.5 Å². The number of epoxide rings is 1. The van der Waals surface area contributed by atoms with Gasteiger partial charge in [-0.15, -0.1) is 0 Å². The summed E-state index contributed by atoms with van der Waals surface area (Å²) < 4.78 is 40.8. The van der Waals surface area contributed by atoms with Crippen molar-refractivity contribution < 1.29 is 17.6 Å². The Morgan fingerprint density at radius 1 is 1.18 bits per heavy atom. The van der Waals surface area contributed by atoms with E-state index in [0.717, 1.165) is 11.1 Å². The fraction of sp³-hybridized carbons (Fsp3) is 0.619. The molecule has 0 spiro atoms. The lowest BCUT2D eigenvalue weighted by Gasteiger charge is -2.41. The van der Waals surface area contributed by atoms with Crippen LogP contribution in [0.15, 0.2) is 40.8 Å². The molecule has 154 valence electrons. The molecule has 2 fully saturated rings. The van der Waals surface area contributed by atoms with Gasteiger partial charge in [0.2, 0.25) is 10.0 Å². The van der Waals surface area contributed by atoms with E-state index in [-0.39, 0.29) is 29.4 Å².